The van der Waals surface area contributed by atoms with E-state index in [0.29, 0.717) is 6.42 Å². The van der Waals surface area contributed by atoms with E-state index in [1.807, 2.05) is 30.3 Å². The molecule has 10 nitrogen and oxygen atoms in total. The van der Waals surface area contributed by atoms with Crippen molar-refractivity contribution >= 4 is 29.5 Å². The first-order valence-electron chi connectivity index (χ1n) is 9.01. The van der Waals surface area contributed by atoms with Gasteiger partial charge in [0.25, 0.3) is 11.8 Å². The number of amides is 5. The molecule has 10 heteroatoms. The molecule has 0 unspecified atom stereocenters. The Morgan fingerprint density at radius 2 is 1.48 bits per heavy atom. The number of nitrogens with one attached hydrogen (secondary N) is 3. The minimum absolute atomic E-state index is 0.0414. The summed E-state index contributed by atoms with van der Waals surface area (Å²) >= 11 is 0. The maximum Gasteiger partial charge on any atom is 0.253 e. The van der Waals surface area contributed by atoms with Crippen molar-refractivity contribution in [2.24, 2.45) is 5.73 Å². The van der Waals surface area contributed by atoms with E-state index in [0.717, 1.165) is 22.6 Å². The summed E-state index contributed by atoms with van der Waals surface area (Å²) in [7, 11) is 0. The van der Waals surface area contributed by atoms with Gasteiger partial charge in [0.15, 0.2) is 0 Å². The molecule has 0 aromatic heterocycles. The fourth-order valence-electron chi connectivity index (χ4n) is 2.52. The largest absolute Gasteiger partial charge is 0.353 e. The standard InChI is InChI=1S/C19H23N5O5/c20-14(10-13-4-2-1-3-5-13)19(29)23-12-16(26)22-11-15(25)21-8-9-24-17(27)6-7-18(24)28/h1-7,14H,8-12,20H2,(H,21,25)(H,22,26)(H,23,29)/t14-/m0/s1. The Kier molecular flexibility index (Phi) is 8.04. The summed E-state index contributed by atoms with van der Waals surface area (Å²) in [5.41, 5.74) is 6.73. The molecule has 0 radical (unpaired) electrons. The fraction of sp³-hybridized carbons (Fsp3) is 0.316. The molecule has 1 aromatic rings. The van der Waals surface area contributed by atoms with Crippen molar-refractivity contribution in [1.82, 2.24) is 20.9 Å². The van der Waals surface area contributed by atoms with Gasteiger partial charge in [0.05, 0.1) is 19.1 Å². The molecule has 1 aliphatic rings. The summed E-state index contributed by atoms with van der Waals surface area (Å²) in [4.78, 5) is 59.1. The molecule has 0 bridgehead atoms. The highest BCUT2D eigenvalue weighted by atomic mass is 16.2. The van der Waals surface area contributed by atoms with Crippen molar-refractivity contribution in [3.63, 3.8) is 0 Å². The molecule has 1 heterocycles. The summed E-state index contributed by atoms with van der Waals surface area (Å²) in [6, 6.07) is 8.46. The summed E-state index contributed by atoms with van der Waals surface area (Å²) in [5, 5.41) is 7.26. The minimum Gasteiger partial charge on any atom is -0.353 e. The second kappa shape index (κ2) is 10.7. The summed E-state index contributed by atoms with van der Waals surface area (Å²) in [6.45, 7) is -0.499. The van der Waals surface area contributed by atoms with Gasteiger partial charge in [-0.3, -0.25) is 28.9 Å². The van der Waals surface area contributed by atoms with Crippen molar-refractivity contribution in [2.75, 3.05) is 26.2 Å². The number of nitrogens with two attached hydrogens (primary N) is 1. The number of carbonyl (C=O) groups is 5. The van der Waals surface area contributed by atoms with Crippen molar-refractivity contribution in [1.29, 1.82) is 0 Å². The molecule has 1 atom stereocenters. The number of rotatable bonds is 10. The Balaban J connectivity index is 1.58. The summed E-state index contributed by atoms with van der Waals surface area (Å²) in [5.74, 6) is -2.37. The molecule has 5 amide bonds. The first-order chi connectivity index (χ1) is 13.9. The highest BCUT2D eigenvalue weighted by Gasteiger charge is 2.22. The molecular weight excluding hydrogens is 378 g/mol. The normalized spacial score (nSPS) is 13.9. The molecular formula is C19H23N5O5. The van der Waals surface area contributed by atoms with Gasteiger partial charge in [0.1, 0.15) is 0 Å². The lowest BCUT2D eigenvalue weighted by Gasteiger charge is -2.14. The molecule has 0 saturated carbocycles. The third kappa shape index (κ3) is 7.18. The molecule has 29 heavy (non-hydrogen) atoms. The zero-order chi connectivity index (χ0) is 21.2. The van der Waals surface area contributed by atoms with Crippen LogP contribution in [0.3, 0.4) is 0 Å². The van der Waals surface area contributed by atoms with Gasteiger partial charge in [-0.1, -0.05) is 30.3 Å². The highest BCUT2D eigenvalue weighted by molar-refractivity contribution is 6.12. The quantitative estimate of drug-likeness (QED) is 0.328. The molecule has 1 aromatic carbocycles. The molecule has 2 rings (SSSR count). The predicted octanol–water partition coefficient (Wildman–Crippen LogP) is -2.17. The molecule has 5 N–H and O–H groups in total. The van der Waals surface area contributed by atoms with Crippen LogP contribution in [0.4, 0.5) is 0 Å². The number of imide groups is 1. The monoisotopic (exact) mass is 401 g/mol. The maximum atomic E-state index is 12.0. The van der Waals surface area contributed by atoms with Crippen LogP contribution in [0.2, 0.25) is 0 Å². The van der Waals surface area contributed by atoms with E-state index in [2.05, 4.69) is 16.0 Å². The van der Waals surface area contributed by atoms with E-state index in [1.54, 1.807) is 0 Å². The third-order valence-electron chi connectivity index (χ3n) is 4.06. The van der Waals surface area contributed by atoms with Crippen LogP contribution >= 0.6 is 0 Å². The SMILES string of the molecule is N[C@@H](Cc1ccccc1)C(=O)NCC(=O)NCC(=O)NCCN1C(=O)C=CC1=O. The van der Waals surface area contributed by atoms with E-state index in [4.69, 9.17) is 5.73 Å². The lowest BCUT2D eigenvalue weighted by molar-refractivity contribution is -0.137. The van der Waals surface area contributed by atoms with Gasteiger partial charge >= 0.3 is 0 Å². The van der Waals surface area contributed by atoms with Crippen LogP contribution in [0.15, 0.2) is 42.5 Å². The molecule has 0 spiro atoms. The Hall–Kier alpha value is -3.53. The third-order valence-corrected chi connectivity index (χ3v) is 4.06. The topological polar surface area (TPSA) is 151 Å². The van der Waals surface area contributed by atoms with Gasteiger partial charge in [-0.15, -0.1) is 0 Å². The van der Waals surface area contributed by atoms with Crippen molar-refractivity contribution in [3.8, 4) is 0 Å². The van der Waals surface area contributed by atoms with E-state index in [1.165, 1.54) is 0 Å². The van der Waals surface area contributed by atoms with Crippen LogP contribution in [0.5, 0.6) is 0 Å². The van der Waals surface area contributed by atoms with E-state index >= 15 is 0 Å². The molecule has 1 aliphatic heterocycles. The average Bonchev–Trinajstić information content (AvgIpc) is 3.03. The lowest BCUT2D eigenvalue weighted by Crippen LogP contribution is -2.47. The van der Waals surface area contributed by atoms with E-state index in [-0.39, 0.29) is 26.2 Å². The molecule has 0 aliphatic carbocycles. The number of hydrogen-bond acceptors (Lipinski definition) is 6. The van der Waals surface area contributed by atoms with Crippen molar-refractivity contribution < 1.29 is 24.0 Å². The molecule has 0 fully saturated rings. The maximum absolute atomic E-state index is 12.0. The first kappa shape index (κ1) is 21.8. The zero-order valence-electron chi connectivity index (χ0n) is 15.7. The predicted molar refractivity (Wildman–Crippen MR) is 103 cm³/mol. The van der Waals surface area contributed by atoms with Crippen LogP contribution in [0.1, 0.15) is 5.56 Å². The second-order valence-corrected chi connectivity index (χ2v) is 6.30. The van der Waals surface area contributed by atoms with Gasteiger partial charge in [0.2, 0.25) is 17.7 Å². The van der Waals surface area contributed by atoms with Gasteiger partial charge < -0.3 is 21.7 Å². The Labute approximate surface area is 167 Å². The number of nitrogens with zero attached hydrogens (tertiary/aromatic N) is 1. The van der Waals surface area contributed by atoms with Crippen LogP contribution in [0, 0.1) is 0 Å². The molecule has 0 saturated heterocycles. The Morgan fingerprint density at radius 1 is 0.897 bits per heavy atom. The second-order valence-electron chi connectivity index (χ2n) is 6.30. The summed E-state index contributed by atoms with van der Waals surface area (Å²) < 4.78 is 0. The van der Waals surface area contributed by atoms with Gasteiger partial charge in [-0.25, -0.2) is 0 Å². The van der Waals surface area contributed by atoms with Gasteiger partial charge in [0, 0.05) is 25.2 Å². The zero-order valence-corrected chi connectivity index (χ0v) is 15.7. The van der Waals surface area contributed by atoms with Crippen LogP contribution < -0.4 is 21.7 Å². The average molecular weight is 401 g/mol. The first-order valence-corrected chi connectivity index (χ1v) is 9.01. The number of benzene rings is 1. The highest BCUT2D eigenvalue weighted by Crippen LogP contribution is 2.02. The fourth-order valence-corrected chi connectivity index (χ4v) is 2.52. The smallest absolute Gasteiger partial charge is 0.253 e. The Morgan fingerprint density at radius 3 is 2.14 bits per heavy atom. The van der Waals surface area contributed by atoms with Crippen molar-refractivity contribution in [2.45, 2.75) is 12.5 Å². The summed E-state index contributed by atoms with van der Waals surface area (Å²) in [6.07, 6.45) is 2.66. The van der Waals surface area contributed by atoms with Gasteiger partial charge in [-0.2, -0.15) is 0 Å². The van der Waals surface area contributed by atoms with Crippen LogP contribution in [0.25, 0.3) is 0 Å². The van der Waals surface area contributed by atoms with Crippen molar-refractivity contribution in [3.05, 3.63) is 48.0 Å². The minimum atomic E-state index is -0.793. The van der Waals surface area contributed by atoms with E-state index in [9.17, 15) is 24.0 Å². The van der Waals surface area contributed by atoms with Crippen LogP contribution in [-0.4, -0.2) is 66.7 Å². The van der Waals surface area contributed by atoms with E-state index < -0.39 is 35.6 Å². The van der Waals surface area contributed by atoms with Gasteiger partial charge in [-0.05, 0) is 12.0 Å². The van der Waals surface area contributed by atoms with Crippen LogP contribution in [-0.2, 0) is 30.4 Å². The molecule has 154 valence electrons. The number of hydrogen-bond donors (Lipinski definition) is 4. The lowest BCUT2D eigenvalue weighted by atomic mass is 10.1. The number of carbonyl (C=O) groups excluding carboxylic acids is 5. The Bertz CT molecular complexity index is 790.